The van der Waals surface area contributed by atoms with Gasteiger partial charge in [0.15, 0.2) is 0 Å². The number of amides is 1. The van der Waals surface area contributed by atoms with Gasteiger partial charge in [0.2, 0.25) is 5.91 Å². The van der Waals surface area contributed by atoms with E-state index >= 15 is 0 Å². The quantitative estimate of drug-likeness (QED) is 0.695. The summed E-state index contributed by atoms with van der Waals surface area (Å²) in [6.07, 6.45) is -1.71. The number of carbonyl (C=O) groups excluding carboxylic acids is 1. The van der Waals surface area contributed by atoms with Crippen LogP contribution in [0.15, 0.2) is 48.7 Å². The Kier molecular flexibility index (Phi) is 7.52. The van der Waals surface area contributed by atoms with E-state index in [1.165, 1.54) is 6.07 Å². The lowest BCUT2D eigenvalue weighted by atomic mass is 9.89. The highest BCUT2D eigenvalue weighted by Gasteiger charge is 2.42. The lowest BCUT2D eigenvalue weighted by molar-refractivity contribution is -0.192. The third kappa shape index (κ3) is 6.64. The topological polar surface area (TPSA) is 83.0 Å². The Morgan fingerprint density at radius 2 is 1.85 bits per heavy atom. The summed E-state index contributed by atoms with van der Waals surface area (Å²) in [6, 6.07) is 12.4. The van der Waals surface area contributed by atoms with Crippen LogP contribution >= 0.6 is 0 Å². The van der Waals surface area contributed by atoms with E-state index in [2.05, 4.69) is 9.88 Å². The first-order valence-corrected chi connectivity index (χ1v) is 10.2. The Labute approximate surface area is 187 Å². The molecular formula is C22H23F4N3O4. The van der Waals surface area contributed by atoms with Crippen molar-refractivity contribution < 1.29 is 37.0 Å². The molecular weight excluding hydrogens is 446 g/mol. The predicted octanol–water partition coefficient (Wildman–Crippen LogP) is 3.25. The third-order valence-electron chi connectivity index (χ3n) is 5.50. The number of anilines is 1. The number of ether oxygens (including phenoxy) is 1. The van der Waals surface area contributed by atoms with Gasteiger partial charge in [-0.2, -0.15) is 13.2 Å². The largest absolute Gasteiger partial charge is 0.490 e. The van der Waals surface area contributed by atoms with E-state index in [1.807, 2.05) is 29.2 Å². The molecule has 3 heterocycles. The van der Waals surface area contributed by atoms with Crippen molar-refractivity contribution in [2.75, 3.05) is 31.1 Å². The first-order valence-electron chi connectivity index (χ1n) is 10.2. The molecule has 7 nitrogen and oxygen atoms in total. The predicted molar refractivity (Wildman–Crippen MR) is 110 cm³/mol. The second-order valence-electron chi connectivity index (χ2n) is 7.81. The molecule has 0 radical (unpaired) electrons. The number of rotatable bonds is 3. The maximum Gasteiger partial charge on any atom is 0.490 e. The fourth-order valence-corrected chi connectivity index (χ4v) is 3.77. The summed E-state index contributed by atoms with van der Waals surface area (Å²) in [7, 11) is 0. The molecule has 0 atom stereocenters. The number of morpholine rings is 1. The Bertz CT molecular complexity index is 964. The number of carboxylic acids is 1. The maximum atomic E-state index is 13.5. The zero-order valence-corrected chi connectivity index (χ0v) is 17.6. The van der Waals surface area contributed by atoms with Crippen LogP contribution in [0, 0.1) is 5.82 Å². The monoisotopic (exact) mass is 469 g/mol. The molecule has 0 bridgehead atoms. The van der Waals surface area contributed by atoms with Crippen molar-refractivity contribution in [3.63, 3.8) is 0 Å². The number of aliphatic carboxylic acids is 1. The molecule has 1 aromatic heterocycles. The highest BCUT2D eigenvalue weighted by molar-refractivity contribution is 5.78. The Morgan fingerprint density at radius 3 is 2.42 bits per heavy atom. The zero-order valence-electron chi connectivity index (χ0n) is 17.6. The van der Waals surface area contributed by atoms with Crippen molar-refractivity contribution in [2.45, 2.75) is 31.2 Å². The van der Waals surface area contributed by atoms with E-state index in [0.29, 0.717) is 13.1 Å². The highest BCUT2D eigenvalue weighted by atomic mass is 19.4. The van der Waals surface area contributed by atoms with E-state index in [-0.39, 0.29) is 23.9 Å². The minimum atomic E-state index is -5.08. The maximum absolute atomic E-state index is 13.5. The second-order valence-corrected chi connectivity index (χ2v) is 7.81. The number of hydrogen-bond donors (Lipinski definition) is 1. The van der Waals surface area contributed by atoms with Gasteiger partial charge in [-0.25, -0.2) is 9.18 Å². The molecule has 4 rings (SSSR count). The standard InChI is InChI=1S/C20H22FN3O2.C2HF3O2/c21-16-4-3-6-18(12-16)23-10-7-20(8-11-23)15-24(19(25)14-26-20)13-17-5-1-2-9-22-17;3-2(4,5)1(6)7/h1-6,9,12H,7-8,10-11,13-15H2;(H,6,7). The van der Waals surface area contributed by atoms with Gasteiger partial charge in [0.1, 0.15) is 12.4 Å². The van der Waals surface area contributed by atoms with Crippen molar-refractivity contribution in [3.8, 4) is 0 Å². The van der Waals surface area contributed by atoms with Crippen LogP contribution in [0.1, 0.15) is 18.5 Å². The summed E-state index contributed by atoms with van der Waals surface area (Å²) in [4.78, 5) is 29.5. The van der Waals surface area contributed by atoms with Crippen LogP contribution in [-0.2, 0) is 20.9 Å². The highest BCUT2D eigenvalue weighted by Crippen LogP contribution is 2.33. The van der Waals surface area contributed by atoms with E-state index in [9.17, 15) is 22.4 Å². The van der Waals surface area contributed by atoms with E-state index in [0.717, 1.165) is 37.3 Å². The van der Waals surface area contributed by atoms with Crippen LogP contribution < -0.4 is 4.90 Å². The van der Waals surface area contributed by atoms with Crippen LogP contribution in [0.4, 0.5) is 23.2 Å². The van der Waals surface area contributed by atoms with Gasteiger partial charge in [0.25, 0.3) is 0 Å². The number of carboxylic acid groups (broad SMARTS) is 1. The number of pyridine rings is 1. The molecule has 2 fully saturated rings. The van der Waals surface area contributed by atoms with Gasteiger partial charge in [-0.3, -0.25) is 9.78 Å². The molecule has 33 heavy (non-hydrogen) atoms. The molecule has 1 spiro atoms. The average Bonchev–Trinajstić information content (AvgIpc) is 2.77. The Morgan fingerprint density at radius 1 is 1.15 bits per heavy atom. The van der Waals surface area contributed by atoms with Crippen LogP contribution in [0.3, 0.4) is 0 Å². The molecule has 1 N–H and O–H groups in total. The van der Waals surface area contributed by atoms with Gasteiger partial charge >= 0.3 is 12.1 Å². The van der Waals surface area contributed by atoms with Gasteiger partial charge in [-0.1, -0.05) is 12.1 Å². The summed E-state index contributed by atoms with van der Waals surface area (Å²) in [6.45, 7) is 2.79. The van der Waals surface area contributed by atoms with Crippen molar-refractivity contribution in [3.05, 3.63) is 60.2 Å². The summed E-state index contributed by atoms with van der Waals surface area (Å²) in [5.41, 5.74) is 1.47. The fraction of sp³-hybridized carbons (Fsp3) is 0.409. The van der Waals surface area contributed by atoms with Crippen molar-refractivity contribution >= 4 is 17.6 Å². The van der Waals surface area contributed by atoms with E-state index < -0.39 is 12.1 Å². The first-order chi connectivity index (χ1) is 15.6. The van der Waals surface area contributed by atoms with Gasteiger partial charge in [-0.05, 0) is 43.2 Å². The van der Waals surface area contributed by atoms with Crippen molar-refractivity contribution in [2.24, 2.45) is 0 Å². The number of nitrogens with zero attached hydrogens (tertiary/aromatic N) is 3. The number of benzene rings is 1. The average molecular weight is 469 g/mol. The molecule has 178 valence electrons. The molecule has 0 saturated carbocycles. The van der Waals surface area contributed by atoms with Crippen molar-refractivity contribution in [1.82, 2.24) is 9.88 Å². The Hall–Kier alpha value is -3.21. The molecule has 2 saturated heterocycles. The molecule has 1 amide bonds. The minimum Gasteiger partial charge on any atom is -0.475 e. The SMILES string of the molecule is O=C(O)C(F)(F)F.O=C1COC2(CCN(c3cccc(F)c3)CC2)CN1Cc1ccccn1. The molecule has 0 aliphatic carbocycles. The lowest BCUT2D eigenvalue weighted by Crippen LogP contribution is -2.58. The van der Waals surface area contributed by atoms with Gasteiger partial charge in [0, 0.05) is 25.0 Å². The lowest BCUT2D eigenvalue weighted by Gasteiger charge is -2.47. The van der Waals surface area contributed by atoms with Gasteiger partial charge in [-0.15, -0.1) is 0 Å². The molecule has 0 unspecified atom stereocenters. The van der Waals surface area contributed by atoms with Crippen LogP contribution in [-0.4, -0.2) is 64.9 Å². The molecule has 11 heteroatoms. The number of piperidine rings is 1. The van der Waals surface area contributed by atoms with E-state index in [1.54, 1.807) is 18.3 Å². The second kappa shape index (κ2) is 10.2. The first kappa shape index (κ1) is 24.4. The van der Waals surface area contributed by atoms with Gasteiger partial charge < -0.3 is 19.6 Å². The van der Waals surface area contributed by atoms with Crippen LogP contribution in [0.25, 0.3) is 0 Å². The zero-order chi connectivity index (χ0) is 24.1. The number of hydrogen-bond acceptors (Lipinski definition) is 5. The smallest absolute Gasteiger partial charge is 0.475 e. The fourth-order valence-electron chi connectivity index (χ4n) is 3.77. The normalized spacial score (nSPS) is 18.0. The van der Waals surface area contributed by atoms with Gasteiger partial charge in [0.05, 0.1) is 24.4 Å². The van der Waals surface area contributed by atoms with E-state index in [4.69, 9.17) is 14.6 Å². The molecule has 2 aliphatic rings. The van der Waals surface area contributed by atoms with Crippen LogP contribution in [0.2, 0.25) is 0 Å². The molecule has 2 aliphatic heterocycles. The minimum absolute atomic E-state index is 0.00818. The summed E-state index contributed by atoms with van der Waals surface area (Å²) in [5, 5.41) is 7.12. The number of aromatic nitrogens is 1. The summed E-state index contributed by atoms with van der Waals surface area (Å²) >= 11 is 0. The third-order valence-corrected chi connectivity index (χ3v) is 5.50. The summed E-state index contributed by atoms with van der Waals surface area (Å²) < 4.78 is 51.2. The molecule has 2 aromatic rings. The number of halogens is 4. The summed E-state index contributed by atoms with van der Waals surface area (Å²) in [5.74, 6) is -2.97. The molecule has 1 aromatic carbocycles. The number of alkyl halides is 3. The van der Waals surface area contributed by atoms with Crippen LogP contribution in [0.5, 0.6) is 0 Å². The number of carbonyl (C=O) groups is 2. The Balaban J connectivity index is 0.000000383. The van der Waals surface area contributed by atoms with Crippen molar-refractivity contribution in [1.29, 1.82) is 0 Å².